The summed E-state index contributed by atoms with van der Waals surface area (Å²) in [6.07, 6.45) is 6.00. The number of benzene rings is 1. The van der Waals surface area contributed by atoms with E-state index in [4.69, 9.17) is 4.99 Å². The van der Waals surface area contributed by atoms with Gasteiger partial charge < -0.3 is 10.6 Å². The van der Waals surface area contributed by atoms with Gasteiger partial charge in [0.05, 0.1) is 6.54 Å². The Morgan fingerprint density at radius 1 is 1.40 bits per heavy atom. The molecule has 1 saturated carbocycles. The molecule has 1 aromatic carbocycles. The van der Waals surface area contributed by atoms with E-state index in [1.807, 2.05) is 0 Å². The molecule has 0 heterocycles. The van der Waals surface area contributed by atoms with Gasteiger partial charge in [0, 0.05) is 17.5 Å². The average molecular weight is 291 g/mol. The van der Waals surface area contributed by atoms with Gasteiger partial charge in [0.25, 0.3) is 0 Å². The maximum Gasteiger partial charge on any atom is 0.191 e. The minimum Gasteiger partial charge on any atom is -0.357 e. The van der Waals surface area contributed by atoms with E-state index in [0.717, 1.165) is 19.0 Å². The van der Waals surface area contributed by atoms with Crippen molar-refractivity contribution in [2.75, 3.05) is 12.8 Å². The van der Waals surface area contributed by atoms with Gasteiger partial charge in [0.15, 0.2) is 5.96 Å². The van der Waals surface area contributed by atoms with Crippen molar-refractivity contribution in [1.29, 1.82) is 0 Å². The van der Waals surface area contributed by atoms with Gasteiger partial charge in [0.2, 0.25) is 0 Å². The number of rotatable bonds is 5. The minimum absolute atomic E-state index is 0.617. The van der Waals surface area contributed by atoms with Gasteiger partial charge in [-0.25, -0.2) is 4.99 Å². The summed E-state index contributed by atoms with van der Waals surface area (Å²) in [5, 5.41) is 6.84. The van der Waals surface area contributed by atoms with Crippen LogP contribution in [0.2, 0.25) is 0 Å². The van der Waals surface area contributed by atoms with E-state index in [1.165, 1.54) is 35.3 Å². The van der Waals surface area contributed by atoms with E-state index >= 15 is 0 Å². The Bertz CT molecular complexity index is 467. The average Bonchev–Trinajstić information content (AvgIpc) is 2.40. The first-order chi connectivity index (χ1) is 9.72. The first-order valence-corrected chi connectivity index (χ1v) is 8.63. The fourth-order valence-electron chi connectivity index (χ4n) is 2.21. The highest BCUT2D eigenvalue weighted by molar-refractivity contribution is 7.98. The second-order valence-electron chi connectivity index (χ2n) is 5.28. The summed E-state index contributed by atoms with van der Waals surface area (Å²) < 4.78 is 0. The number of hydrogen-bond donors (Lipinski definition) is 2. The lowest BCUT2D eigenvalue weighted by molar-refractivity contribution is 0.380. The summed E-state index contributed by atoms with van der Waals surface area (Å²) >= 11 is 1.79. The molecule has 2 rings (SSSR count). The van der Waals surface area contributed by atoms with Crippen LogP contribution in [0.25, 0.3) is 0 Å². The van der Waals surface area contributed by atoms with Crippen molar-refractivity contribution in [3.63, 3.8) is 0 Å². The van der Waals surface area contributed by atoms with Crippen molar-refractivity contribution in [2.45, 2.75) is 50.6 Å². The summed E-state index contributed by atoms with van der Waals surface area (Å²) in [7, 11) is 0. The second-order valence-corrected chi connectivity index (χ2v) is 6.13. The van der Waals surface area contributed by atoms with Crippen molar-refractivity contribution < 1.29 is 0 Å². The summed E-state index contributed by atoms with van der Waals surface area (Å²) in [5.74, 6) is 0.949. The molecule has 0 saturated heterocycles. The third-order valence-corrected chi connectivity index (χ3v) is 4.46. The molecule has 1 aliphatic carbocycles. The third kappa shape index (κ3) is 4.17. The van der Waals surface area contributed by atoms with Crippen LogP contribution >= 0.6 is 11.8 Å². The first kappa shape index (κ1) is 15.2. The number of nitrogens with zero attached hydrogens (tertiary/aromatic N) is 1. The Morgan fingerprint density at radius 3 is 2.80 bits per heavy atom. The highest BCUT2D eigenvalue weighted by Gasteiger charge is 2.18. The molecule has 1 fully saturated rings. The van der Waals surface area contributed by atoms with Gasteiger partial charge in [-0.15, -0.1) is 11.8 Å². The molecule has 0 radical (unpaired) electrons. The van der Waals surface area contributed by atoms with E-state index < -0.39 is 0 Å². The molecular formula is C16H25N3S. The molecule has 1 aliphatic rings. The van der Waals surface area contributed by atoms with Crippen LogP contribution in [0, 0.1) is 6.92 Å². The van der Waals surface area contributed by atoms with Crippen molar-refractivity contribution in [3.05, 3.63) is 29.3 Å². The summed E-state index contributed by atoms with van der Waals surface area (Å²) in [5.41, 5.74) is 2.61. The zero-order chi connectivity index (χ0) is 14.4. The molecule has 1 aromatic rings. The Balaban J connectivity index is 2.03. The van der Waals surface area contributed by atoms with Crippen LogP contribution in [0.15, 0.2) is 28.1 Å². The molecule has 3 nitrogen and oxygen atoms in total. The molecule has 0 bridgehead atoms. The predicted molar refractivity (Wildman–Crippen MR) is 88.6 cm³/mol. The number of guanidine groups is 1. The Kier molecular flexibility index (Phi) is 5.77. The third-order valence-electron chi connectivity index (χ3n) is 3.64. The number of thioether (sulfide) groups is 1. The largest absolute Gasteiger partial charge is 0.357 e. The van der Waals surface area contributed by atoms with Crippen molar-refractivity contribution in [1.82, 2.24) is 10.6 Å². The van der Waals surface area contributed by atoms with Gasteiger partial charge in [-0.1, -0.05) is 12.1 Å². The number of nitrogens with one attached hydrogen (secondary N) is 2. The van der Waals surface area contributed by atoms with Crippen molar-refractivity contribution in [2.24, 2.45) is 4.99 Å². The van der Waals surface area contributed by atoms with Crippen LogP contribution < -0.4 is 10.6 Å². The van der Waals surface area contributed by atoms with Crippen LogP contribution in [0.3, 0.4) is 0 Å². The minimum atomic E-state index is 0.617. The zero-order valence-electron chi connectivity index (χ0n) is 12.7. The standard InChI is InChI=1S/C16H25N3S/c1-4-17-16(19-14-6-5-7-14)18-11-13-9-8-12(2)10-15(13)20-3/h8-10,14H,4-7,11H2,1-3H3,(H2,17,18,19). The number of aliphatic imine (C=N–C) groups is 1. The summed E-state index contributed by atoms with van der Waals surface area (Å²) in [6.45, 7) is 5.88. The molecule has 20 heavy (non-hydrogen) atoms. The molecule has 2 N–H and O–H groups in total. The lowest BCUT2D eigenvalue weighted by atomic mass is 9.93. The van der Waals surface area contributed by atoms with Gasteiger partial charge in [-0.2, -0.15) is 0 Å². The van der Waals surface area contributed by atoms with Crippen LogP contribution in [-0.4, -0.2) is 24.8 Å². The fraction of sp³-hybridized carbons (Fsp3) is 0.562. The Labute approximate surface area is 126 Å². The van der Waals surface area contributed by atoms with Crippen molar-refractivity contribution in [3.8, 4) is 0 Å². The molecule has 0 spiro atoms. The smallest absolute Gasteiger partial charge is 0.191 e. The van der Waals surface area contributed by atoms with E-state index in [2.05, 4.69) is 48.9 Å². The highest BCUT2D eigenvalue weighted by Crippen LogP contribution is 2.22. The predicted octanol–water partition coefficient (Wildman–Crippen LogP) is 3.32. The Morgan fingerprint density at radius 2 is 2.20 bits per heavy atom. The second kappa shape index (κ2) is 7.58. The van der Waals surface area contributed by atoms with Crippen LogP contribution in [0.5, 0.6) is 0 Å². The lowest BCUT2D eigenvalue weighted by Gasteiger charge is -2.28. The van der Waals surface area contributed by atoms with Crippen LogP contribution in [0.1, 0.15) is 37.3 Å². The van der Waals surface area contributed by atoms with Crippen LogP contribution in [0.4, 0.5) is 0 Å². The zero-order valence-corrected chi connectivity index (χ0v) is 13.5. The van der Waals surface area contributed by atoms with Crippen LogP contribution in [-0.2, 0) is 6.54 Å². The number of hydrogen-bond acceptors (Lipinski definition) is 2. The molecule has 0 aliphatic heterocycles. The molecular weight excluding hydrogens is 266 g/mol. The topological polar surface area (TPSA) is 36.4 Å². The molecule has 0 aromatic heterocycles. The lowest BCUT2D eigenvalue weighted by Crippen LogP contribution is -2.46. The van der Waals surface area contributed by atoms with E-state index in [0.29, 0.717) is 6.04 Å². The molecule has 0 unspecified atom stereocenters. The van der Waals surface area contributed by atoms with Gasteiger partial charge in [0.1, 0.15) is 0 Å². The molecule has 0 atom stereocenters. The normalized spacial score (nSPS) is 15.8. The van der Waals surface area contributed by atoms with E-state index in [1.54, 1.807) is 11.8 Å². The SMILES string of the molecule is CCNC(=NCc1ccc(C)cc1SC)NC1CCC1. The number of aryl methyl sites for hydroxylation is 1. The van der Waals surface area contributed by atoms with E-state index in [9.17, 15) is 0 Å². The molecule has 0 amide bonds. The summed E-state index contributed by atoms with van der Waals surface area (Å²) in [4.78, 5) is 6.05. The first-order valence-electron chi connectivity index (χ1n) is 7.41. The highest BCUT2D eigenvalue weighted by atomic mass is 32.2. The van der Waals surface area contributed by atoms with Crippen molar-refractivity contribution >= 4 is 17.7 Å². The fourth-order valence-corrected chi connectivity index (χ4v) is 2.91. The Hall–Kier alpha value is -1.16. The maximum atomic E-state index is 4.72. The van der Waals surface area contributed by atoms with Gasteiger partial charge in [-0.05, 0) is 56.6 Å². The maximum absolute atomic E-state index is 4.72. The van der Waals surface area contributed by atoms with Gasteiger partial charge >= 0.3 is 0 Å². The van der Waals surface area contributed by atoms with Gasteiger partial charge in [-0.3, -0.25) is 0 Å². The molecule has 110 valence electrons. The quantitative estimate of drug-likeness (QED) is 0.496. The van der Waals surface area contributed by atoms with E-state index in [-0.39, 0.29) is 0 Å². The molecule has 4 heteroatoms. The summed E-state index contributed by atoms with van der Waals surface area (Å²) in [6, 6.07) is 7.21. The monoisotopic (exact) mass is 291 g/mol.